The van der Waals surface area contributed by atoms with E-state index in [9.17, 15) is 0 Å². The number of hydrogen-bond donors (Lipinski definition) is 0. The third kappa shape index (κ3) is 3.96. The average molecular weight is 693 g/mol. The molecular weight excluding hydrogens is 661 g/mol. The van der Waals surface area contributed by atoms with Crippen LogP contribution < -0.4 is 0 Å². The van der Waals surface area contributed by atoms with Crippen molar-refractivity contribution in [3.8, 4) is 33.4 Å². The first-order chi connectivity index (χ1) is 26.0. The summed E-state index contributed by atoms with van der Waals surface area (Å²) in [6.07, 6.45) is 0. The van der Waals surface area contributed by atoms with Crippen molar-refractivity contribution in [3.63, 3.8) is 0 Å². The van der Waals surface area contributed by atoms with Gasteiger partial charge in [0, 0.05) is 36.4 Å². The molecule has 1 nitrogen and oxygen atoms in total. The van der Waals surface area contributed by atoms with E-state index >= 15 is 0 Å². The zero-order valence-corrected chi connectivity index (χ0v) is 30.1. The lowest BCUT2D eigenvalue weighted by atomic mass is 9.81. The molecule has 53 heavy (non-hydrogen) atoms. The van der Waals surface area contributed by atoms with Crippen LogP contribution in [-0.4, -0.2) is 0 Å². The fourth-order valence-corrected chi connectivity index (χ4v) is 10.7. The first kappa shape index (κ1) is 29.4. The van der Waals surface area contributed by atoms with Crippen LogP contribution >= 0.6 is 11.3 Å². The number of thiophene rings is 1. The number of para-hydroxylation sites is 1. The lowest BCUT2D eigenvalue weighted by Crippen LogP contribution is -2.14. The van der Waals surface area contributed by atoms with E-state index in [0.29, 0.717) is 0 Å². The van der Waals surface area contributed by atoms with E-state index in [1.165, 1.54) is 97.0 Å². The first-order valence-electron chi connectivity index (χ1n) is 18.4. The summed E-state index contributed by atoms with van der Waals surface area (Å²) in [6.45, 7) is 4.78. The smallest absolute Gasteiger partial charge is 0.136 e. The summed E-state index contributed by atoms with van der Waals surface area (Å²) in [5.41, 5.74) is 12.2. The third-order valence-corrected chi connectivity index (χ3v) is 13.2. The van der Waals surface area contributed by atoms with Gasteiger partial charge in [0.1, 0.15) is 11.2 Å². The van der Waals surface area contributed by atoms with Gasteiger partial charge in [0.05, 0.1) is 0 Å². The predicted octanol–water partition coefficient (Wildman–Crippen LogP) is 15.1. The molecule has 1 aliphatic rings. The number of fused-ring (bicyclic) bond motifs is 13. The van der Waals surface area contributed by atoms with E-state index in [0.717, 1.165) is 21.9 Å². The molecule has 11 aromatic rings. The Balaban J connectivity index is 1.11. The maximum Gasteiger partial charge on any atom is 0.136 e. The highest BCUT2D eigenvalue weighted by Gasteiger charge is 2.36. The molecule has 9 aromatic carbocycles. The Morgan fingerprint density at radius 2 is 1.00 bits per heavy atom. The van der Waals surface area contributed by atoms with Gasteiger partial charge in [-0.05, 0) is 125 Å². The molecule has 0 amide bonds. The number of furan rings is 1. The normalized spacial score (nSPS) is 13.6. The van der Waals surface area contributed by atoms with Crippen LogP contribution in [0.15, 0.2) is 162 Å². The van der Waals surface area contributed by atoms with E-state index < -0.39 is 0 Å². The van der Waals surface area contributed by atoms with E-state index in [1.54, 1.807) is 0 Å². The quantitative estimate of drug-likeness (QED) is 0.164. The van der Waals surface area contributed by atoms with Crippen LogP contribution in [0.2, 0.25) is 0 Å². The topological polar surface area (TPSA) is 13.1 Å². The second-order valence-corrected chi connectivity index (χ2v) is 16.3. The summed E-state index contributed by atoms with van der Waals surface area (Å²) in [5, 5.41) is 12.7. The molecule has 2 heterocycles. The van der Waals surface area contributed by atoms with E-state index in [4.69, 9.17) is 4.42 Å². The van der Waals surface area contributed by atoms with Gasteiger partial charge in [-0.2, -0.15) is 0 Å². The summed E-state index contributed by atoms with van der Waals surface area (Å²) in [6, 6.07) is 58.6. The van der Waals surface area contributed by atoms with Crippen molar-refractivity contribution < 1.29 is 4.42 Å². The van der Waals surface area contributed by atoms with Crippen molar-refractivity contribution in [1.29, 1.82) is 0 Å². The minimum absolute atomic E-state index is 0.105. The van der Waals surface area contributed by atoms with Crippen LogP contribution in [0.1, 0.15) is 25.0 Å². The molecule has 0 radical (unpaired) electrons. The predicted molar refractivity (Wildman–Crippen MR) is 228 cm³/mol. The first-order valence-corrected chi connectivity index (χ1v) is 19.2. The van der Waals surface area contributed by atoms with Gasteiger partial charge >= 0.3 is 0 Å². The Morgan fingerprint density at radius 1 is 0.415 bits per heavy atom. The van der Waals surface area contributed by atoms with Crippen LogP contribution in [0.3, 0.4) is 0 Å². The third-order valence-electron chi connectivity index (χ3n) is 12.0. The van der Waals surface area contributed by atoms with Crippen LogP contribution in [0.4, 0.5) is 0 Å². The molecule has 0 unspecified atom stereocenters. The van der Waals surface area contributed by atoms with Crippen LogP contribution in [-0.2, 0) is 5.41 Å². The van der Waals surface area contributed by atoms with Crippen molar-refractivity contribution in [2.75, 3.05) is 0 Å². The van der Waals surface area contributed by atoms with Crippen molar-refractivity contribution >= 4 is 85.8 Å². The molecule has 0 saturated heterocycles. The highest BCUT2D eigenvalue weighted by atomic mass is 32.1. The molecule has 248 valence electrons. The molecule has 0 bridgehead atoms. The Kier molecular flexibility index (Phi) is 5.78. The molecule has 2 aromatic heterocycles. The Hall–Kier alpha value is -6.22. The maximum atomic E-state index is 6.39. The minimum atomic E-state index is -0.105. The van der Waals surface area contributed by atoms with E-state index in [1.807, 2.05) is 17.4 Å². The SMILES string of the molecule is CC1(C)c2ccc(-c3c4ccccc4c(-c4ccc5c(c4)oc4ccccc45)c4ccccc34)cc2-c2cc3c(ccc4sc5ccccc5c43)cc21. The zero-order chi connectivity index (χ0) is 35.0. The van der Waals surface area contributed by atoms with Gasteiger partial charge < -0.3 is 4.42 Å². The molecule has 0 spiro atoms. The second kappa shape index (κ2) is 10.4. The van der Waals surface area contributed by atoms with Gasteiger partial charge in [-0.25, -0.2) is 0 Å². The lowest BCUT2D eigenvalue weighted by Gasteiger charge is -2.22. The molecule has 0 N–H and O–H groups in total. The highest BCUT2D eigenvalue weighted by molar-refractivity contribution is 7.26. The number of hydrogen-bond acceptors (Lipinski definition) is 2. The summed E-state index contributed by atoms with van der Waals surface area (Å²) >= 11 is 1.89. The second-order valence-electron chi connectivity index (χ2n) is 15.2. The molecule has 0 fully saturated rings. The van der Waals surface area contributed by atoms with Crippen LogP contribution in [0.25, 0.3) is 108 Å². The number of rotatable bonds is 2. The molecule has 2 heteroatoms. The zero-order valence-electron chi connectivity index (χ0n) is 29.3. The monoisotopic (exact) mass is 692 g/mol. The Morgan fingerprint density at radius 3 is 1.74 bits per heavy atom. The molecule has 0 saturated carbocycles. The Labute approximate surface area is 310 Å². The molecule has 0 atom stereocenters. The van der Waals surface area contributed by atoms with Crippen LogP contribution in [0, 0.1) is 0 Å². The largest absolute Gasteiger partial charge is 0.456 e. The summed E-state index contributed by atoms with van der Waals surface area (Å²) in [7, 11) is 0. The fourth-order valence-electron chi connectivity index (χ4n) is 9.58. The summed E-state index contributed by atoms with van der Waals surface area (Å²) in [4.78, 5) is 0. The van der Waals surface area contributed by atoms with Gasteiger partial charge in [0.25, 0.3) is 0 Å². The molecule has 1 aliphatic carbocycles. The van der Waals surface area contributed by atoms with Crippen molar-refractivity contribution in [1.82, 2.24) is 0 Å². The minimum Gasteiger partial charge on any atom is -0.456 e. The summed E-state index contributed by atoms with van der Waals surface area (Å²) in [5.74, 6) is 0. The van der Waals surface area contributed by atoms with Gasteiger partial charge in [-0.3, -0.25) is 0 Å². The highest BCUT2D eigenvalue weighted by Crippen LogP contribution is 2.53. The maximum absolute atomic E-state index is 6.39. The number of benzene rings is 9. The van der Waals surface area contributed by atoms with Crippen molar-refractivity contribution in [2.24, 2.45) is 0 Å². The average Bonchev–Trinajstić information content (AvgIpc) is 3.83. The van der Waals surface area contributed by atoms with Gasteiger partial charge in [-0.15, -0.1) is 11.3 Å². The fraction of sp³-hybridized carbons (Fsp3) is 0.0588. The standard InChI is InChI=1S/C51H32OS/c1-51(2)42-23-20-30(25-40(42)41-28-39-29(26-43(41)51)21-24-47-50(39)38-16-8-10-18-46(38)53-47)48-34-12-3-5-14-36(34)49(37-15-6-4-13-35(37)48)31-19-22-33-32-11-7-9-17-44(32)52-45(33)27-31/h3-28H,1-2H3. The molecular formula is C51H32OS. The van der Waals surface area contributed by atoms with Crippen molar-refractivity contribution in [2.45, 2.75) is 19.3 Å². The van der Waals surface area contributed by atoms with Crippen LogP contribution in [0.5, 0.6) is 0 Å². The molecule has 0 aliphatic heterocycles. The molecule has 12 rings (SSSR count). The Bertz CT molecular complexity index is 3320. The van der Waals surface area contributed by atoms with E-state index in [-0.39, 0.29) is 5.41 Å². The summed E-state index contributed by atoms with van der Waals surface area (Å²) < 4.78 is 9.08. The van der Waals surface area contributed by atoms with Gasteiger partial charge in [-0.1, -0.05) is 123 Å². The van der Waals surface area contributed by atoms with Gasteiger partial charge in [0.15, 0.2) is 0 Å². The lowest BCUT2D eigenvalue weighted by molar-refractivity contribution is 0.661. The van der Waals surface area contributed by atoms with Crippen molar-refractivity contribution in [3.05, 3.63) is 169 Å². The van der Waals surface area contributed by atoms with E-state index in [2.05, 4.69) is 166 Å². The van der Waals surface area contributed by atoms with Gasteiger partial charge in [0.2, 0.25) is 0 Å².